The number of hydrazine groups is 1. The smallest absolute Gasteiger partial charge is 0.272 e. The molecule has 4 atom stereocenters. The fraction of sp³-hybridized carbons (Fsp3) is 0.261. The van der Waals surface area contributed by atoms with Crippen molar-refractivity contribution in [3.05, 3.63) is 81.3 Å². The van der Waals surface area contributed by atoms with E-state index in [2.05, 4.69) is 15.9 Å². The van der Waals surface area contributed by atoms with Crippen molar-refractivity contribution in [3.63, 3.8) is 0 Å². The standard InChI is InChI=1S/C23H18BrClN2O3/c24-16-9-5-13(6-10-16)12-26(21(28)17-3-1-2-4-18(17)25)27-22(29)19-14-7-8-15(11-14)20(19)23(27)30/h1-10,14-15,19-20H,11-12H2/t14-,15+,19-,20+. The van der Waals surface area contributed by atoms with Gasteiger partial charge in [-0.05, 0) is 48.1 Å². The van der Waals surface area contributed by atoms with Crippen LogP contribution in [0.4, 0.5) is 0 Å². The molecule has 30 heavy (non-hydrogen) atoms. The Morgan fingerprint density at radius 1 is 1.00 bits per heavy atom. The van der Waals surface area contributed by atoms with E-state index >= 15 is 0 Å². The maximum atomic E-state index is 13.5. The van der Waals surface area contributed by atoms with E-state index in [0.29, 0.717) is 0 Å². The molecule has 2 aromatic rings. The van der Waals surface area contributed by atoms with Gasteiger partial charge in [0.15, 0.2) is 0 Å². The summed E-state index contributed by atoms with van der Waals surface area (Å²) >= 11 is 9.67. The summed E-state index contributed by atoms with van der Waals surface area (Å²) in [6, 6.07) is 14.1. The number of carbonyl (C=O) groups is 3. The normalized spacial score (nSPS) is 26.4. The van der Waals surface area contributed by atoms with Crippen LogP contribution in [0.2, 0.25) is 5.02 Å². The topological polar surface area (TPSA) is 57.7 Å². The molecule has 3 aliphatic rings. The molecule has 2 aromatic carbocycles. The van der Waals surface area contributed by atoms with E-state index in [1.54, 1.807) is 24.3 Å². The molecule has 2 aliphatic carbocycles. The van der Waals surface area contributed by atoms with Crippen molar-refractivity contribution in [2.24, 2.45) is 23.7 Å². The summed E-state index contributed by atoms with van der Waals surface area (Å²) in [4.78, 5) is 40.1. The van der Waals surface area contributed by atoms with Crippen LogP contribution in [0.1, 0.15) is 22.3 Å². The number of nitrogens with zero attached hydrogens (tertiary/aromatic N) is 2. The van der Waals surface area contributed by atoms with Crippen molar-refractivity contribution in [2.75, 3.05) is 0 Å². The first kappa shape index (κ1) is 19.5. The fourth-order valence-electron chi connectivity index (χ4n) is 4.89. The predicted molar refractivity (Wildman–Crippen MR) is 115 cm³/mol. The van der Waals surface area contributed by atoms with Gasteiger partial charge in [-0.3, -0.25) is 14.4 Å². The van der Waals surface area contributed by atoms with E-state index < -0.39 is 5.91 Å². The highest BCUT2D eigenvalue weighted by Crippen LogP contribution is 2.53. The van der Waals surface area contributed by atoms with Gasteiger partial charge in [0.05, 0.1) is 29.0 Å². The van der Waals surface area contributed by atoms with E-state index in [9.17, 15) is 14.4 Å². The minimum absolute atomic E-state index is 0.0754. The lowest BCUT2D eigenvalue weighted by molar-refractivity contribution is -0.156. The van der Waals surface area contributed by atoms with E-state index in [4.69, 9.17) is 11.6 Å². The molecule has 1 heterocycles. The van der Waals surface area contributed by atoms with Crippen LogP contribution in [-0.2, 0) is 16.1 Å². The third kappa shape index (κ3) is 3.01. The van der Waals surface area contributed by atoms with Crippen LogP contribution in [0.5, 0.6) is 0 Å². The SMILES string of the molecule is O=C(c1ccccc1Cl)N(Cc1ccc(Br)cc1)N1C(=O)[C@@H]2[C@H](C1=O)[C@@H]1C=C[C@H]2C1. The van der Waals surface area contributed by atoms with Crippen LogP contribution in [0.15, 0.2) is 65.2 Å². The quantitative estimate of drug-likeness (QED) is 0.474. The molecule has 1 aliphatic heterocycles. The summed E-state index contributed by atoms with van der Waals surface area (Å²) in [6.45, 7) is 0.0943. The van der Waals surface area contributed by atoms with Crippen molar-refractivity contribution in [3.8, 4) is 0 Å². The number of benzene rings is 2. The third-order valence-electron chi connectivity index (χ3n) is 6.27. The zero-order valence-corrected chi connectivity index (χ0v) is 18.2. The second-order valence-electron chi connectivity index (χ2n) is 7.96. The van der Waals surface area contributed by atoms with E-state index in [0.717, 1.165) is 21.5 Å². The highest BCUT2D eigenvalue weighted by atomic mass is 79.9. The van der Waals surface area contributed by atoms with Gasteiger partial charge >= 0.3 is 0 Å². The average Bonchev–Trinajstić information content (AvgIpc) is 3.42. The van der Waals surface area contributed by atoms with Crippen LogP contribution < -0.4 is 0 Å². The molecule has 1 saturated heterocycles. The molecule has 7 heteroatoms. The van der Waals surface area contributed by atoms with Crippen molar-refractivity contribution in [2.45, 2.75) is 13.0 Å². The monoisotopic (exact) mass is 484 g/mol. The zero-order valence-electron chi connectivity index (χ0n) is 15.9. The molecule has 3 amide bonds. The molecule has 5 rings (SSSR count). The molecule has 0 unspecified atom stereocenters. The number of hydrogen-bond donors (Lipinski definition) is 0. The van der Waals surface area contributed by atoms with Crippen molar-refractivity contribution in [1.29, 1.82) is 0 Å². The number of imide groups is 1. The van der Waals surface area contributed by atoms with E-state index in [1.165, 1.54) is 5.01 Å². The first-order valence-electron chi connectivity index (χ1n) is 9.82. The van der Waals surface area contributed by atoms with Gasteiger partial charge in [0.25, 0.3) is 17.7 Å². The van der Waals surface area contributed by atoms with Crippen molar-refractivity contribution >= 4 is 45.3 Å². The second-order valence-corrected chi connectivity index (χ2v) is 9.28. The summed E-state index contributed by atoms with van der Waals surface area (Å²) in [7, 11) is 0. The number of allylic oxidation sites excluding steroid dienone is 2. The maximum Gasteiger partial charge on any atom is 0.274 e. The first-order valence-corrected chi connectivity index (χ1v) is 11.0. The summed E-state index contributed by atoms with van der Waals surface area (Å²) in [6.07, 6.45) is 4.91. The number of fused-ring (bicyclic) bond motifs is 5. The number of halogens is 2. The largest absolute Gasteiger partial charge is 0.274 e. The second kappa shape index (κ2) is 7.36. The molecule has 0 spiro atoms. The van der Waals surface area contributed by atoms with Crippen LogP contribution in [0.3, 0.4) is 0 Å². The molecule has 0 N–H and O–H groups in total. The van der Waals surface area contributed by atoms with Crippen LogP contribution in [-0.4, -0.2) is 27.7 Å². The Morgan fingerprint density at radius 3 is 2.20 bits per heavy atom. The fourth-order valence-corrected chi connectivity index (χ4v) is 5.38. The van der Waals surface area contributed by atoms with Gasteiger partial charge in [-0.2, -0.15) is 5.01 Å². The molecule has 152 valence electrons. The van der Waals surface area contributed by atoms with Crippen LogP contribution in [0.25, 0.3) is 0 Å². The van der Waals surface area contributed by atoms with Gasteiger partial charge in [-0.25, -0.2) is 5.01 Å². The lowest BCUT2D eigenvalue weighted by atomic mass is 9.85. The third-order valence-corrected chi connectivity index (χ3v) is 7.13. The van der Waals surface area contributed by atoms with Gasteiger partial charge in [0.1, 0.15) is 0 Å². The predicted octanol–water partition coefficient (Wildman–Crippen LogP) is 4.47. The molecule has 2 bridgehead atoms. The first-order chi connectivity index (χ1) is 14.5. The Bertz CT molecular complexity index is 1050. The summed E-state index contributed by atoms with van der Waals surface area (Å²) in [5.74, 6) is -1.65. The Kier molecular flexibility index (Phi) is 4.79. The molecular formula is C23H18BrClN2O3. The number of rotatable bonds is 4. The van der Waals surface area contributed by atoms with Crippen molar-refractivity contribution in [1.82, 2.24) is 10.0 Å². The molecule has 0 radical (unpaired) electrons. The molecular weight excluding hydrogens is 468 g/mol. The maximum absolute atomic E-state index is 13.5. The molecule has 0 aromatic heterocycles. The van der Waals surface area contributed by atoms with E-state index in [-0.39, 0.29) is 52.6 Å². The summed E-state index contributed by atoms with van der Waals surface area (Å²) in [5, 5.41) is 2.62. The Morgan fingerprint density at radius 2 is 1.60 bits per heavy atom. The highest BCUT2D eigenvalue weighted by Gasteiger charge is 2.61. The van der Waals surface area contributed by atoms with Gasteiger partial charge < -0.3 is 0 Å². The van der Waals surface area contributed by atoms with Crippen LogP contribution in [0, 0.1) is 23.7 Å². The van der Waals surface area contributed by atoms with Gasteiger partial charge in [-0.15, -0.1) is 0 Å². The van der Waals surface area contributed by atoms with Crippen LogP contribution >= 0.6 is 27.5 Å². The van der Waals surface area contributed by atoms with Gasteiger partial charge in [0, 0.05) is 4.47 Å². The number of amides is 3. The minimum Gasteiger partial charge on any atom is -0.272 e. The molecule has 1 saturated carbocycles. The molecule has 2 fully saturated rings. The Balaban J connectivity index is 1.53. The van der Waals surface area contributed by atoms with Crippen molar-refractivity contribution < 1.29 is 14.4 Å². The Hall–Kier alpha value is -2.44. The highest BCUT2D eigenvalue weighted by molar-refractivity contribution is 9.10. The lowest BCUT2D eigenvalue weighted by Gasteiger charge is -2.31. The lowest BCUT2D eigenvalue weighted by Crippen LogP contribution is -2.50. The van der Waals surface area contributed by atoms with Gasteiger partial charge in [0.2, 0.25) is 0 Å². The summed E-state index contributed by atoms with van der Waals surface area (Å²) in [5.41, 5.74) is 1.06. The molecule has 5 nitrogen and oxygen atoms in total. The zero-order chi connectivity index (χ0) is 21.0. The average molecular weight is 486 g/mol. The van der Waals surface area contributed by atoms with E-state index in [1.807, 2.05) is 36.4 Å². The summed E-state index contributed by atoms with van der Waals surface area (Å²) < 4.78 is 0.903. The number of carbonyl (C=O) groups excluding carboxylic acids is 3. The van der Waals surface area contributed by atoms with Gasteiger partial charge in [-0.1, -0.05) is 63.9 Å². The minimum atomic E-state index is -0.467. The number of hydrogen-bond acceptors (Lipinski definition) is 3. The Labute approximate surface area is 187 Å².